The molecule has 0 bridgehead atoms. The summed E-state index contributed by atoms with van der Waals surface area (Å²) in [6.07, 6.45) is 3.58. The number of pyridine rings is 1. The fourth-order valence-corrected chi connectivity index (χ4v) is 7.72. The molecule has 0 spiro atoms. The molecule has 0 fully saturated rings. The van der Waals surface area contributed by atoms with Crippen molar-refractivity contribution >= 4 is 54.5 Å². The van der Waals surface area contributed by atoms with Crippen LogP contribution in [0.4, 0.5) is 0 Å². The number of para-hydroxylation sites is 3. The van der Waals surface area contributed by atoms with Crippen molar-refractivity contribution in [3.05, 3.63) is 176 Å². The second kappa shape index (κ2) is 12.1. The first kappa shape index (κ1) is 30.2. The number of aromatic nitrogens is 5. The van der Waals surface area contributed by atoms with Gasteiger partial charge >= 0.3 is 0 Å². The smallest absolute Gasteiger partial charge is 0.167 e. The Balaban J connectivity index is 0.999. The van der Waals surface area contributed by atoms with E-state index in [1.165, 1.54) is 21.8 Å². The van der Waals surface area contributed by atoms with Crippen molar-refractivity contribution in [1.82, 2.24) is 24.5 Å². The van der Waals surface area contributed by atoms with Crippen LogP contribution in [0.3, 0.4) is 0 Å². The highest BCUT2D eigenvalue weighted by Gasteiger charge is 2.18. The zero-order valence-corrected chi connectivity index (χ0v) is 28.9. The molecular formula is C48H29N5O. The van der Waals surface area contributed by atoms with Gasteiger partial charge in [0.05, 0.1) is 16.6 Å². The SMILES string of the molecule is c1ccc2cc(-c3nc(-c4ccc(-c5ccc(-n6c7ccccc7c7ccccc76)cc5)cc4)nc(-c4cccc5c4oc4ccncc45)n3)ccc2c1. The summed E-state index contributed by atoms with van der Waals surface area (Å²) in [5.41, 5.74) is 9.87. The zero-order chi connectivity index (χ0) is 35.6. The molecule has 0 N–H and O–H groups in total. The second-order valence-corrected chi connectivity index (χ2v) is 13.5. The Hall–Kier alpha value is -7.44. The van der Waals surface area contributed by atoms with E-state index in [-0.39, 0.29) is 0 Å². The molecule has 0 aliphatic rings. The van der Waals surface area contributed by atoms with Crippen LogP contribution in [-0.4, -0.2) is 24.5 Å². The van der Waals surface area contributed by atoms with E-state index in [9.17, 15) is 0 Å². The molecule has 11 rings (SSSR count). The van der Waals surface area contributed by atoms with E-state index >= 15 is 0 Å². The molecule has 4 aromatic heterocycles. The summed E-state index contributed by atoms with van der Waals surface area (Å²) in [4.78, 5) is 19.5. The first-order chi connectivity index (χ1) is 26.7. The van der Waals surface area contributed by atoms with Gasteiger partial charge in [-0.1, -0.05) is 121 Å². The maximum absolute atomic E-state index is 6.38. The second-order valence-electron chi connectivity index (χ2n) is 13.5. The lowest BCUT2D eigenvalue weighted by Crippen LogP contribution is -2.00. The minimum atomic E-state index is 0.547. The van der Waals surface area contributed by atoms with Gasteiger partial charge in [0.1, 0.15) is 11.2 Å². The van der Waals surface area contributed by atoms with Crippen molar-refractivity contribution in [3.8, 4) is 51.0 Å². The molecule has 0 amide bonds. The van der Waals surface area contributed by atoms with Gasteiger partial charge in [-0.3, -0.25) is 4.98 Å². The van der Waals surface area contributed by atoms with E-state index in [0.29, 0.717) is 17.5 Å². The maximum atomic E-state index is 6.38. The molecule has 0 aliphatic heterocycles. The molecule has 7 aromatic carbocycles. The molecule has 0 atom stereocenters. The van der Waals surface area contributed by atoms with Crippen molar-refractivity contribution < 1.29 is 4.42 Å². The summed E-state index contributed by atoms with van der Waals surface area (Å²) < 4.78 is 8.72. The number of benzene rings is 7. The van der Waals surface area contributed by atoms with E-state index < -0.39 is 0 Å². The zero-order valence-electron chi connectivity index (χ0n) is 28.9. The average Bonchev–Trinajstić information content (AvgIpc) is 3.80. The molecule has 0 radical (unpaired) electrons. The Morgan fingerprint density at radius 1 is 0.426 bits per heavy atom. The van der Waals surface area contributed by atoms with Gasteiger partial charge in [0.15, 0.2) is 17.5 Å². The Morgan fingerprint density at radius 2 is 1.02 bits per heavy atom. The van der Waals surface area contributed by atoms with Gasteiger partial charge in [-0.25, -0.2) is 15.0 Å². The Labute approximate surface area is 309 Å². The lowest BCUT2D eigenvalue weighted by atomic mass is 10.0. The highest BCUT2D eigenvalue weighted by molar-refractivity contribution is 6.10. The summed E-state index contributed by atoms with van der Waals surface area (Å²) in [5, 5.41) is 6.72. The van der Waals surface area contributed by atoms with E-state index in [2.05, 4.69) is 143 Å². The Morgan fingerprint density at radius 3 is 1.78 bits per heavy atom. The quantitative estimate of drug-likeness (QED) is 0.180. The Kier molecular flexibility index (Phi) is 6.75. The highest BCUT2D eigenvalue weighted by atomic mass is 16.3. The fourth-order valence-electron chi connectivity index (χ4n) is 7.72. The molecule has 6 heteroatoms. The van der Waals surface area contributed by atoms with Gasteiger partial charge in [-0.05, 0) is 64.4 Å². The fraction of sp³-hybridized carbons (Fsp3) is 0. The third-order valence-electron chi connectivity index (χ3n) is 10.4. The van der Waals surface area contributed by atoms with Crippen LogP contribution in [-0.2, 0) is 0 Å². The minimum absolute atomic E-state index is 0.547. The van der Waals surface area contributed by atoms with Gasteiger partial charge in [-0.15, -0.1) is 0 Å². The molecule has 0 saturated heterocycles. The molecule has 11 aromatic rings. The van der Waals surface area contributed by atoms with Crippen LogP contribution in [0.5, 0.6) is 0 Å². The van der Waals surface area contributed by atoms with Crippen LogP contribution in [0, 0.1) is 0 Å². The number of hydrogen-bond acceptors (Lipinski definition) is 5. The van der Waals surface area contributed by atoms with Crippen molar-refractivity contribution in [2.24, 2.45) is 0 Å². The van der Waals surface area contributed by atoms with Crippen LogP contribution in [0.1, 0.15) is 0 Å². The monoisotopic (exact) mass is 691 g/mol. The lowest BCUT2D eigenvalue weighted by molar-refractivity contribution is 0.669. The molecule has 0 saturated carbocycles. The van der Waals surface area contributed by atoms with Crippen molar-refractivity contribution in [2.45, 2.75) is 0 Å². The van der Waals surface area contributed by atoms with E-state index in [1.54, 1.807) is 6.20 Å². The standard InChI is InChI=1S/C48H29N5O/c1-2-9-34-28-35(21-18-30(34)8-1)47-50-46(51-48(52-47)40-13-7-12-39-41-29-49-27-26-44(41)54-45(39)40)33-19-16-31(17-20-33)32-22-24-36(25-23-32)53-42-14-5-3-10-37(42)38-11-4-6-15-43(38)53/h1-29H. The van der Waals surface area contributed by atoms with Crippen molar-refractivity contribution in [3.63, 3.8) is 0 Å². The summed E-state index contributed by atoms with van der Waals surface area (Å²) in [7, 11) is 0. The minimum Gasteiger partial charge on any atom is -0.455 e. The van der Waals surface area contributed by atoms with Gasteiger partial charge in [0, 0.05) is 50.8 Å². The first-order valence-electron chi connectivity index (χ1n) is 18.0. The normalized spacial score (nSPS) is 11.7. The van der Waals surface area contributed by atoms with Gasteiger partial charge in [0.2, 0.25) is 0 Å². The predicted octanol–water partition coefficient (Wildman–Crippen LogP) is 12.1. The summed E-state index contributed by atoms with van der Waals surface area (Å²) in [6, 6.07) is 57.0. The molecule has 0 unspecified atom stereocenters. The number of nitrogens with zero attached hydrogens (tertiary/aromatic N) is 5. The topological polar surface area (TPSA) is 69.6 Å². The third kappa shape index (κ3) is 4.89. The first-order valence-corrected chi connectivity index (χ1v) is 18.0. The van der Waals surface area contributed by atoms with Crippen LogP contribution in [0.25, 0.3) is 105 Å². The van der Waals surface area contributed by atoms with Crippen LogP contribution >= 0.6 is 0 Å². The number of hydrogen-bond donors (Lipinski definition) is 0. The lowest BCUT2D eigenvalue weighted by Gasteiger charge is -2.11. The van der Waals surface area contributed by atoms with Crippen molar-refractivity contribution in [1.29, 1.82) is 0 Å². The average molecular weight is 692 g/mol. The van der Waals surface area contributed by atoms with Gasteiger partial charge < -0.3 is 8.98 Å². The molecule has 252 valence electrons. The largest absolute Gasteiger partial charge is 0.455 e. The van der Waals surface area contributed by atoms with Crippen LogP contribution in [0.15, 0.2) is 181 Å². The molecule has 6 nitrogen and oxygen atoms in total. The van der Waals surface area contributed by atoms with Crippen LogP contribution < -0.4 is 0 Å². The molecule has 54 heavy (non-hydrogen) atoms. The van der Waals surface area contributed by atoms with Crippen molar-refractivity contribution in [2.75, 3.05) is 0 Å². The maximum Gasteiger partial charge on any atom is 0.167 e. The summed E-state index contributed by atoms with van der Waals surface area (Å²) in [6.45, 7) is 0. The van der Waals surface area contributed by atoms with E-state index in [0.717, 1.165) is 66.2 Å². The number of rotatable bonds is 5. The Bertz CT molecular complexity index is 3160. The molecular weight excluding hydrogens is 663 g/mol. The predicted molar refractivity (Wildman–Crippen MR) is 218 cm³/mol. The third-order valence-corrected chi connectivity index (χ3v) is 10.4. The molecule has 0 aliphatic carbocycles. The highest BCUT2D eigenvalue weighted by Crippen LogP contribution is 2.37. The summed E-state index contributed by atoms with van der Waals surface area (Å²) in [5.74, 6) is 1.73. The summed E-state index contributed by atoms with van der Waals surface area (Å²) >= 11 is 0. The number of furan rings is 1. The van der Waals surface area contributed by atoms with E-state index in [1.807, 2.05) is 36.5 Å². The molecule has 4 heterocycles. The number of fused-ring (bicyclic) bond motifs is 7. The van der Waals surface area contributed by atoms with Gasteiger partial charge in [-0.2, -0.15) is 0 Å². The van der Waals surface area contributed by atoms with Crippen LogP contribution in [0.2, 0.25) is 0 Å². The van der Waals surface area contributed by atoms with Gasteiger partial charge in [0.25, 0.3) is 0 Å². The van der Waals surface area contributed by atoms with E-state index in [4.69, 9.17) is 19.4 Å².